The van der Waals surface area contributed by atoms with Crippen molar-refractivity contribution in [1.29, 1.82) is 5.26 Å². The summed E-state index contributed by atoms with van der Waals surface area (Å²) in [7, 11) is 1.24. The van der Waals surface area contributed by atoms with Crippen LogP contribution in [-0.4, -0.2) is 37.0 Å². The largest absolute Gasteiger partial charge is 0.467 e. The van der Waals surface area contributed by atoms with Gasteiger partial charge in [-0.1, -0.05) is 30.3 Å². The van der Waals surface area contributed by atoms with Crippen molar-refractivity contribution < 1.29 is 19.1 Å². The molecule has 1 rings (SSSR count). The summed E-state index contributed by atoms with van der Waals surface area (Å²) < 4.78 is 4.70. The lowest BCUT2D eigenvalue weighted by Gasteiger charge is -2.22. The fourth-order valence-electron chi connectivity index (χ4n) is 2.35. The minimum absolute atomic E-state index is 0.280. The Morgan fingerprint density at radius 2 is 1.84 bits per heavy atom. The van der Waals surface area contributed by atoms with Gasteiger partial charge in [-0.3, -0.25) is 9.59 Å². The van der Waals surface area contributed by atoms with E-state index in [2.05, 4.69) is 10.6 Å². The molecule has 2 N–H and O–H groups in total. The summed E-state index contributed by atoms with van der Waals surface area (Å²) in [4.78, 5) is 35.8. The van der Waals surface area contributed by atoms with Crippen LogP contribution < -0.4 is 10.6 Å². The number of unbranched alkanes of at least 4 members (excludes halogenated alkanes) is 1. The first-order valence-corrected chi connectivity index (χ1v) is 8.04. The van der Waals surface area contributed by atoms with E-state index in [1.165, 1.54) is 14.0 Å². The van der Waals surface area contributed by atoms with Crippen LogP contribution in [0, 0.1) is 11.3 Å². The maximum atomic E-state index is 12.5. The van der Waals surface area contributed by atoms with Crippen LogP contribution in [0.15, 0.2) is 30.3 Å². The van der Waals surface area contributed by atoms with Crippen LogP contribution in [0.3, 0.4) is 0 Å². The Hall–Kier alpha value is -2.88. The summed E-state index contributed by atoms with van der Waals surface area (Å²) in [5.41, 5.74) is 0.885. The minimum Gasteiger partial charge on any atom is -0.467 e. The first kappa shape index (κ1) is 20.2. The van der Waals surface area contributed by atoms with Crippen LogP contribution in [0.25, 0.3) is 0 Å². The molecule has 0 fully saturated rings. The Morgan fingerprint density at radius 3 is 2.40 bits per heavy atom. The van der Waals surface area contributed by atoms with Gasteiger partial charge >= 0.3 is 5.97 Å². The topological polar surface area (TPSA) is 108 Å². The van der Waals surface area contributed by atoms with E-state index in [9.17, 15) is 14.4 Å². The Balaban J connectivity index is 2.81. The number of carbonyl (C=O) groups excluding carboxylic acids is 3. The molecule has 0 aliphatic carbocycles. The van der Waals surface area contributed by atoms with E-state index in [4.69, 9.17) is 10.00 Å². The summed E-state index contributed by atoms with van der Waals surface area (Å²) >= 11 is 0. The third kappa shape index (κ3) is 7.48. The quantitative estimate of drug-likeness (QED) is 0.514. The second-order valence-electron chi connectivity index (χ2n) is 5.58. The molecule has 0 bridgehead atoms. The van der Waals surface area contributed by atoms with Crippen LogP contribution in [0.4, 0.5) is 0 Å². The fourth-order valence-corrected chi connectivity index (χ4v) is 2.35. The molecule has 25 heavy (non-hydrogen) atoms. The summed E-state index contributed by atoms with van der Waals surface area (Å²) in [5, 5.41) is 13.8. The molecule has 0 saturated carbocycles. The van der Waals surface area contributed by atoms with Crippen molar-refractivity contribution in [3.63, 3.8) is 0 Å². The van der Waals surface area contributed by atoms with Gasteiger partial charge in [0.25, 0.3) is 0 Å². The number of amides is 2. The van der Waals surface area contributed by atoms with Crippen LogP contribution in [-0.2, 0) is 25.5 Å². The molecular formula is C18H23N3O4. The Kier molecular flexibility index (Phi) is 8.72. The lowest BCUT2D eigenvalue weighted by molar-refractivity contribution is -0.145. The molecule has 0 spiro atoms. The zero-order valence-electron chi connectivity index (χ0n) is 14.5. The van der Waals surface area contributed by atoms with Crippen molar-refractivity contribution in [1.82, 2.24) is 10.6 Å². The highest BCUT2D eigenvalue weighted by molar-refractivity contribution is 5.90. The van der Waals surface area contributed by atoms with E-state index in [0.717, 1.165) is 5.56 Å². The summed E-state index contributed by atoms with van der Waals surface area (Å²) in [6, 6.07) is 9.60. The van der Waals surface area contributed by atoms with Gasteiger partial charge < -0.3 is 15.4 Å². The SMILES string of the molecule is COC(=O)[C@@H](CCCC#N)NC(=O)[C@@H](Cc1ccccc1)NC(C)=O. The summed E-state index contributed by atoms with van der Waals surface area (Å²) in [5.74, 6) is -1.38. The number of hydrogen-bond donors (Lipinski definition) is 2. The van der Waals surface area contributed by atoms with Crippen LogP contribution in [0.2, 0.25) is 0 Å². The minimum atomic E-state index is -0.849. The van der Waals surface area contributed by atoms with Gasteiger partial charge in [-0.15, -0.1) is 0 Å². The van der Waals surface area contributed by atoms with Gasteiger partial charge in [0.2, 0.25) is 11.8 Å². The molecule has 134 valence electrons. The molecule has 0 aliphatic rings. The maximum Gasteiger partial charge on any atom is 0.328 e. The molecule has 2 atom stereocenters. The molecule has 7 heteroatoms. The van der Waals surface area contributed by atoms with Gasteiger partial charge in [-0.2, -0.15) is 5.26 Å². The van der Waals surface area contributed by atoms with E-state index >= 15 is 0 Å². The molecule has 0 heterocycles. The van der Waals surface area contributed by atoms with Crippen LogP contribution in [0.5, 0.6) is 0 Å². The number of rotatable bonds is 9. The predicted octanol–water partition coefficient (Wildman–Crippen LogP) is 1.09. The first-order chi connectivity index (χ1) is 12.0. The van der Waals surface area contributed by atoms with E-state index < -0.39 is 24.0 Å². The van der Waals surface area contributed by atoms with Crippen molar-refractivity contribution in [3.05, 3.63) is 35.9 Å². The Bertz CT molecular complexity index is 625. The number of carbonyl (C=O) groups is 3. The maximum absolute atomic E-state index is 12.5. The van der Waals surface area contributed by atoms with Gasteiger partial charge in [-0.05, 0) is 18.4 Å². The molecule has 2 amide bonds. The molecular weight excluding hydrogens is 322 g/mol. The van der Waals surface area contributed by atoms with E-state index in [0.29, 0.717) is 19.3 Å². The number of esters is 1. The smallest absolute Gasteiger partial charge is 0.328 e. The normalized spacial score (nSPS) is 12.4. The number of nitrogens with one attached hydrogen (secondary N) is 2. The number of nitriles is 1. The van der Waals surface area contributed by atoms with Crippen molar-refractivity contribution in [2.24, 2.45) is 0 Å². The van der Waals surface area contributed by atoms with Gasteiger partial charge in [0.05, 0.1) is 13.2 Å². The van der Waals surface area contributed by atoms with E-state index in [1.54, 1.807) is 0 Å². The molecule has 7 nitrogen and oxygen atoms in total. The standard InChI is InChI=1S/C18H23N3O4/c1-13(22)20-16(12-14-8-4-3-5-9-14)17(23)21-15(18(24)25-2)10-6-7-11-19/h3-5,8-9,15-16H,6-7,10,12H2,1-2H3,(H,20,22)(H,21,23)/t15-,16-/m1/s1. The van der Waals surface area contributed by atoms with Gasteiger partial charge in [0.15, 0.2) is 0 Å². The van der Waals surface area contributed by atoms with Crippen molar-refractivity contribution >= 4 is 17.8 Å². The molecule has 0 aromatic heterocycles. The van der Waals surface area contributed by atoms with Crippen molar-refractivity contribution in [2.45, 2.75) is 44.7 Å². The van der Waals surface area contributed by atoms with Gasteiger partial charge in [-0.25, -0.2) is 4.79 Å². The lowest BCUT2D eigenvalue weighted by atomic mass is 10.0. The van der Waals surface area contributed by atoms with Gasteiger partial charge in [0.1, 0.15) is 12.1 Å². The number of benzene rings is 1. The zero-order chi connectivity index (χ0) is 18.7. The third-order valence-electron chi connectivity index (χ3n) is 3.56. The highest BCUT2D eigenvalue weighted by Crippen LogP contribution is 2.07. The second-order valence-corrected chi connectivity index (χ2v) is 5.58. The van der Waals surface area contributed by atoms with Crippen molar-refractivity contribution in [3.8, 4) is 6.07 Å². The first-order valence-electron chi connectivity index (χ1n) is 8.04. The molecule has 1 aromatic rings. The van der Waals surface area contributed by atoms with Gasteiger partial charge in [0, 0.05) is 19.8 Å². The molecule has 1 aromatic carbocycles. The molecule has 0 radical (unpaired) electrons. The average Bonchev–Trinajstić information content (AvgIpc) is 2.60. The highest BCUT2D eigenvalue weighted by atomic mass is 16.5. The number of ether oxygens (including phenoxy) is 1. The number of hydrogen-bond acceptors (Lipinski definition) is 5. The summed E-state index contributed by atoms with van der Waals surface area (Å²) in [6.07, 6.45) is 1.34. The second kappa shape index (κ2) is 10.8. The van der Waals surface area contributed by atoms with Crippen molar-refractivity contribution in [2.75, 3.05) is 7.11 Å². The van der Waals surface area contributed by atoms with Crippen LogP contribution in [0.1, 0.15) is 31.7 Å². The monoisotopic (exact) mass is 345 g/mol. The average molecular weight is 345 g/mol. The Labute approximate surface area is 147 Å². The Morgan fingerprint density at radius 1 is 1.16 bits per heavy atom. The predicted molar refractivity (Wildman–Crippen MR) is 91.2 cm³/mol. The molecule has 0 unspecified atom stereocenters. The number of methoxy groups -OCH3 is 1. The lowest BCUT2D eigenvalue weighted by Crippen LogP contribution is -2.52. The van der Waals surface area contributed by atoms with E-state index in [-0.39, 0.29) is 12.3 Å². The molecule has 0 aliphatic heterocycles. The summed E-state index contributed by atoms with van der Waals surface area (Å²) in [6.45, 7) is 1.33. The zero-order valence-corrected chi connectivity index (χ0v) is 14.5. The third-order valence-corrected chi connectivity index (χ3v) is 3.56. The fraction of sp³-hybridized carbons (Fsp3) is 0.444. The highest BCUT2D eigenvalue weighted by Gasteiger charge is 2.26. The molecule has 0 saturated heterocycles. The number of nitrogens with zero attached hydrogens (tertiary/aromatic N) is 1. The van der Waals surface area contributed by atoms with Crippen LogP contribution >= 0.6 is 0 Å². The van der Waals surface area contributed by atoms with E-state index in [1.807, 2.05) is 36.4 Å².